The van der Waals surface area contributed by atoms with Gasteiger partial charge in [0.1, 0.15) is 5.69 Å². The quantitative estimate of drug-likeness (QED) is 0.733. The molecule has 8 heteroatoms. The average molecular weight is 388 g/mol. The minimum absolute atomic E-state index is 0.183. The van der Waals surface area contributed by atoms with Crippen LogP contribution in [0.15, 0.2) is 35.2 Å². The highest BCUT2D eigenvalue weighted by Gasteiger charge is 2.26. The maximum Gasteiger partial charge on any atom is 0.274 e. The number of amides is 2. The van der Waals surface area contributed by atoms with Crippen LogP contribution in [0.25, 0.3) is 0 Å². The summed E-state index contributed by atoms with van der Waals surface area (Å²) in [6, 6.07) is 9.81. The topological polar surface area (TPSA) is 87.5 Å². The van der Waals surface area contributed by atoms with Crippen LogP contribution in [0, 0.1) is 6.92 Å². The molecule has 0 fully saturated rings. The van der Waals surface area contributed by atoms with Crippen molar-refractivity contribution in [2.24, 2.45) is 0 Å². The molecule has 0 saturated carbocycles. The lowest BCUT2D eigenvalue weighted by atomic mass is 10.2. The van der Waals surface area contributed by atoms with E-state index in [-0.39, 0.29) is 30.6 Å². The number of hydrogen-bond donors (Lipinski definition) is 2. The van der Waals surface area contributed by atoms with Gasteiger partial charge in [0.05, 0.1) is 12.6 Å². The Balaban J connectivity index is 1.64. The van der Waals surface area contributed by atoms with E-state index < -0.39 is 6.10 Å². The summed E-state index contributed by atoms with van der Waals surface area (Å²) in [6.07, 6.45) is -0.716. The van der Waals surface area contributed by atoms with Crippen LogP contribution < -0.4 is 5.32 Å². The second-order valence-electron chi connectivity index (χ2n) is 6.51. The smallest absolute Gasteiger partial charge is 0.274 e. The number of hydrogen-bond acceptors (Lipinski definition) is 5. The van der Waals surface area contributed by atoms with Gasteiger partial charge in [0.15, 0.2) is 5.69 Å². The van der Waals surface area contributed by atoms with Gasteiger partial charge in [-0.3, -0.25) is 14.3 Å². The van der Waals surface area contributed by atoms with E-state index in [1.807, 2.05) is 6.92 Å². The highest BCUT2D eigenvalue weighted by Crippen LogP contribution is 2.19. The van der Waals surface area contributed by atoms with Gasteiger partial charge in [-0.15, -0.1) is 11.8 Å². The SMILES string of the molecule is CCN(CCSc1ccc(C)cc1)C(=O)c1cc2n(n1)C[C@H](O)CNC2=O. The second-order valence-corrected chi connectivity index (χ2v) is 7.68. The van der Waals surface area contributed by atoms with Crippen LogP contribution in [0.2, 0.25) is 0 Å². The monoisotopic (exact) mass is 388 g/mol. The molecule has 3 rings (SSSR count). The zero-order valence-electron chi connectivity index (χ0n) is 15.5. The lowest BCUT2D eigenvalue weighted by molar-refractivity contribution is 0.0766. The van der Waals surface area contributed by atoms with Crippen LogP contribution in [-0.4, -0.2) is 63.1 Å². The van der Waals surface area contributed by atoms with E-state index >= 15 is 0 Å². The van der Waals surface area contributed by atoms with Gasteiger partial charge in [0.25, 0.3) is 11.8 Å². The Labute approximate surface area is 162 Å². The first kappa shape index (κ1) is 19.4. The molecule has 0 unspecified atom stereocenters. The molecule has 1 aliphatic heterocycles. The predicted octanol–water partition coefficient (Wildman–Crippen LogP) is 1.55. The molecule has 1 aromatic carbocycles. The fraction of sp³-hybridized carbons (Fsp3) is 0.421. The number of carbonyl (C=O) groups excluding carboxylic acids is 2. The van der Waals surface area contributed by atoms with E-state index in [4.69, 9.17) is 0 Å². The fourth-order valence-electron chi connectivity index (χ4n) is 2.88. The minimum atomic E-state index is -0.716. The average Bonchev–Trinajstić information content (AvgIpc) is 3.02. The van der Waals surface area contributed by atoms with Crippen LogP contribution >= 0.6 is 11.8 Å². The summed E-state index contributed by atoms with van der Waals surface area (Å²) in [7, 11) is 0. The van der Waals surface area contributed by atoms with E-state index in [2.05, 4.69) is 41.6 Å². The molecule has 2 heterocycles. The summed E-state index contributed by atoms with van der Waals surface area (Å²) in [4.78, 5) is 27.8. The van der Waals surface area contributed by atoms with E-state index in [0.29, 0.717) is 18.8 Å². The number of nitrogens with one attached hydrogen (secondary N) is 1. The Morgan fingerprint density at radius 1 is 1.41 bits per heavy atom. The number of aromatic nitrogens is 2. The summed E-state index contributed by atoms with van der Waals surface area (Å²) in [5.74, 6) is 0.246. The van der Waals surface area contributed by atoms with Gasteiger partial charge >= 0.3 is 0 Å². The van der Waals surface area contributed by atoms with E-state index in [1.54, 1.807) is 16.7 Å². The third-order valence-electron chi connectivity index (χ3n) is 4.43. The molecule has 0 bridgehead atoms. The first-order valence-corrected chi connectivity index (χ1v) is 9.99. The molecule has 0 saturated heterocycles. The molecule has 0 aliphatic carbocycles. The molecule has 2 amide bonds. The number of β-amino-alcohol motifs (C(OH)–C–C–N with tert-alkyl or cyclic N) is 1. The van der Waals surface area contributed by atoms with Gasteiger partial charge in [0.2, 0.25) is 0 Å². The van der Waals surface area contributed by atoms with Crippen LogP contribution in [-0.2, 0) is 6.54 Å². The third kappa shape index (κ3) is 4.70. The molecular formula is C19H24N4O3S. The number of nitrogens with zero attached hydrogens (tertiary/aromatic N) is 3. The summed E-state index contributed by atoms with van der Waals surface area (Å²) in [5, 5.41) is 16.7. The Kier molecular flexibility index (Phi) is 6.18. The Hall–Kier alpha value is -2.32. The number of thioether (sulfide) groups is 1. The van der Waals surface area contributed by atoms with Crippen LogP contribution in [0.5, 0.6) is 0 Å². The zero-order chi connectivity index (χ0) is 19.4. The number of aryl methyl sites for hydroxylation is 1. The Morgan fingerprint density at radius 3 is 2.85 bits per heavy atom. The zero-order valence-corrected chi connectivity index (χ0v) is 16.3. The summed E-state index contributed by atoms with van der Waals surface area (Å²) in [6.45, 7) is 5.50. The van der Waals surface area contributed by atoms with E-state index in [9.17, 15) is 14.7 Å². The molecule has 2 aromatic rings. The second kappa shape index (κ2) is 8.58. The largest absolute Gasteiger partial charge is 0.389 e. The number of aliphatic hydroxyl groups is 1. The molecule has 2 N–H and O–H groups in total. The summed E-state index contributed by atoms with van der Waals surface area (Å²) in [5.41, 5.74) is 1.76. The third-order valence-corrected chi connectivity index (χ3v) is 5.43. The molecule has 1 atom stereocenters. The normalized spacial score (nSPS) is 16.4. The summed E-state index contributed by atoms with van der Waals surface area (Å²) < 4.78 is 1.41. The molecule has 144 valence electrons. The molecular weight excluding hydrogens is 364 g/mol. The van der Waals surface area contributed by atoms with Crippen molar-refractivity contribution in [2.75, 3.05) is 25.4 Å². The number of fused-ring (bicyclic) bond motifs is 1. The highest BCUT2D eigenvalue weighted by molar-refractivity contribution is 7.99. The van der Waals surface area contributed by atoms with E-state index in [1.165, 1.54) is 21.2 Å². The van der Waals surface area contributed by atoms with Gasteiger partial charge in [-0.2, -0.15) is 5.10 Å². The van der Waals surface area contributed by atoms with Crippen molar-refractivity contribution in [2.45, 2.75) is 31.4 Å². The molecule has 0 spiro atoms. The lowest BCUT2D eigenvalue weighted by Crippen LogP contribution is -2.33. The van der Waals surface area contributed by atoms with E-state index in [0.717, 1.165) is 5.75 Å². The Bertz CT molecular complexity index is 819. The standard InChI is InChI=1S/C19H24N4O3S/c1-3-22(8-9-27-15-6-4-13(2)5-7-15)19(26)16-10-17-18(25)20-11-14(24)12-23(17)21-16/h4-7,10,14,24H,3,8-9,11-12H2,1-2H3,(H,20,25)/t14-/m1/s1. The van der Waals surface area contributed by atoms with Crippen molar-refractivity contribution in [3.05, 3.63) is 47.3 Å². The number of benzene rings is 1. The molecule has 27 heavy (non-hydrogen) atoms. The lowest BCUT2D eigenvalue weighted by Gasteiger charge is -2.19. The van der Waals surface area contributed by atoms with Gasteiger partial charge in [-0.05, 0) is 26.0 Å². The Morgan fingerprint density at radius 2 is 2.15 bits per heavy atom. The van der Waals surface area contributed by atoms with Gasteiger partial charge < -0.3 is 15.3 Å². The van der Waals surface area contributed by atoms with Crippen molar-refractivity contribution in [3.63, 3.8) is 0 Å². The van der Waals surface area contributed by atoms with Crippen LogP contribution in [0.3, 0.4) is 0 Å². The number of rotatable bonds is 6. The van der Waals surface area contributed by atoms with Gasteiger partial charge in [0, 0.05) is 36.3 Å². The first-order valence-electron chi connectivity index (χ1n) is 9.00. The van der Waals surface area contributed by atoms with Crippen molar-refractivity contribution < 1.29 is 14.7 Å². The number of carbonyl (C=O) groups is 2. The van der Waals surface area contributed by atoms with Crippen molar-refractivity contribution >= 4 is 23.6 Å². The van der Waals surface area contributed by atoms with Gasteiger partial charge in [-0.1, -0.05) is 17.7 Å². The highest BCUT2D eigenvalue weighted by atomic mass is 32.2. The first-order chi connectivity index (χ1) is 13.0. The van der Waals surface area contributed by atoms with Crippen LogP contribution in [0.1, 0.15) is 33.5 Å². The van der Waals surface area contributed by atoms with Crippen molar-refractivity contribution in [1.82, 2.24) is 20.0 Å². The molecule has 1 aliphatic rings. The molecule has 7 nitrogen and oxygen atoms in total. The minimum Gasteiger partial charge on any atom is -0.389 e. The molecule has 1 aromatic heterocycles. The van der Waals surface area contributed by atoms with Gasteiger partial charge in [-0.25, -0.2) is 0 Å². The number of aliphatic hydroxyl groups excluding tert-OH is 1. The summed E-state index contributed by atoms with van der Waals surface area (Å²) >= 11 is 1.70. The van der Waals surface area contributed by atoms with Crippen molar-refractivity contribution in [1.29, 1.82) is 0 Å². The maximum atomic E-state index is 12.8. The van der Waals surface area contributed by atoms with Crippen molar-refractivity contribution in [3.8, 4) is 0 Å². The predicted molar refractivity (Wildman–Crippen MR) is 104 cm³/mol. The van der Waals surface area contributed by atoms with Crippen LogP contribution in [0.4, 0.5) is 0 Å². The molecule has 0 radical (unpaired) electrons. The fourth-order valence-corrected chi connectivity index (χ4v) is 3.76. The maximum absolute atomic E-state index is 12.8.